The Labute approximate surface area is 317 Å². The minimum Gasteiger partial charge on any atom is -0.504 e. The Morgan fingerprint density at radius 2 is 1.39 bits per heavy atom. The maximum Gasteiger partial charge on any atom is 0.160 e. The highest BCUT2D eigenvalue weighted by Gasteiger charge is 3.11. The van der Waals surface area contributed by atoms with Gasteiger partial charge in [0.2, 0.25) is 0 Å². The fraction of sp³-hybridized carbons (Fsp3) is 0.545. The van der Waals surface area contributed by atoms with E-state index in [0.717, 1.165) is 54.4 Å². The van der Waals surface area contributed by atoms with E-state index in [1.165, 1.54) is 0 Å². The summed E-state index contributed by atoms with van der Waals surface area (Å²) in [6.07, 6.45) is 3.42. The van der Waals surface area contributed by atoms with E-state index in [-0.39, 0.29) is 76.4 Å². The van der Waals surface area contributed by atoms with E-state index in [2.05, 4.69) is 13.8 Å². The summed E-state index contributed by atoms with van der Waals surface area (Å²) in [5.74, 6) is 1.52. The second-order valence-corrected chi connectivity index (χ2v) is 16.4. The summed E-state index contributed by atoms with van der Waals surface area (Å²) in [4.78, 5) is 0. The molecule has 4 N–H and O–H groups in total. The number of aliphatic hydroxyl groups is 1. The van der Waals surface area contributed by atoms with E-state index in [1.54, 1.807) is 52.7 Å². The lowest BCUT2D eigenvalue weighted by molar-refractivity contribution is -0.0438. The predicted molar refractivity (Wildman–Crippen MR) is 201 cm³/mol. The minimum absolute atomic E-state index is 0.0162. The molecule has 0 radical (unpaired) electrons. The quantitative estimate of drug-likeness (QED) is 0.128. The molecule has 3 aromatic rings. The van der Waals surface area contributed by atoms with E-state index < -0.39 is 11.5 Å². The summed E-state index contributed by atoms with van der Waals surface area (Å²) in [6, 6.07) is 16.6. The number of aliphatic hydroxyl groups excluding tert-OH is 1. The maximum absolute atomic E-state index is 11.1. The van der Waals surface area contributed by atoms with Crippen molar-refractivity contribution in [3.63, 3.8) is 0 Å². The van der Waals surface area contributed by atoms with Crippen LogP contribution in [0.25, 0.3) is 0 Å². The highest BCUT2D eigenvalue weighted by atomic mass is 16.5. The Kier molecular flexibility index (Phi) is 8.96. The van der Waals surface area contributed by atoms with Crippen LogP contribution in [0.4, 0.5) is 0 Å². The second kappa shape index (κ2) is 13.1. The molecule has 6 aliphatic rings. The van der Waals surface area contributed by atoms with E-state index >= 15 is 0 Å². The zero-order valence-electron chi connectivity index (χ0n) is 32.1. The van der Waals surface area contributed by atoms with E-state index in [1.807, 2.05) is 30.3 Å². The summed E-state index contributed by atoms with van der Waals surface area (Å²) in [5.41, 5.74) is 2.54. The smallest absolute Gasteiger partial charge is 0.160 e. The molecule has 9 rings (SSSR count). The Morgan fingerprint density at radius 3 is 1.98 bits per heavy atom. The van der Waals surface area contributed by atoms with E-state index in [9.17, 15) is 20.4 Å². The van der Waals surface area contributed by atoms with E-state index in [0.29, 0.717) is 23.7 Å². The number of fused-ring (bicyclic) bond motifs is 2. The third-order valence-corrected chi connectivity index (χ3v) is 14.6. The lowest BCUT2D eigenvalue weighted by atomic mass is 9.58. The third-order valence-electron chi connectivity index (χ3n) is 14.6. The Balaban J connectivity index is 1.30. The van der Waals surface area contributed by atoms with Crippen LogP contribution in [-0.4, -0.2) is 67.7 Å². The molecular formula is C44H54O10. The summed E-state index contributed by atoms with van der Waals surface area (Å²) in [5, 5.41) is 42.3. The molecule has 3 aromatic carbocycles. The van der Waals surface area contributed by atoms with Crippen LogP contribution in [0.1, 0.15) is 87.4 Å². The number of rotatable bonds is 13. The lowest BCUT2D eigenvalue weighted by Gasteiger charge is -2.42. The molecule has 0 amide bonds. The van der Waals surface area contributed by atoms with Crippen molar-refractivity contribution in [2.24, 2.45) is 33.5 Å². The summed E-state index contributed by atoms with van der Waals surface area (Å²) < 4.78 is 37.1. The van der Waals surface area contributed by atoms with Crippen molar-refractivity contribution in [2.75, 3.05) is 35.0 Å². The van der Waals surface area contributed by atoms with Gasteiger partial charge >= 0.3 is 0 Å². The summed E-state index contributed by atoms with van der Waals surface area (Å²) >= 11 is 0. The molecule has 10 nitrogen and oxygen atoms in total. The number of hydrogen-bond acceptors (Lipinski definition) is 10. The summed E-state index contributed by atoms with van der Waals surface area (Å²) in [7, 11) is 6.38. The second-order valence-electron chi connectivity index (χ2n) is 16.4. The van der Waals surface area contributed by atoms with Gasteiger partial charge in [0.05, 0.1) is 51.8 Å². The molecule has 2 heterocycles. The summed E-state index contributed by atoms with van der Waals surface area (Å²) in [6.45, 7) is 9.54. The molecule has 4 aliphatic carbocycles. The first kappa shape index (κ1) is 37.0. The molecule has 290 valence electrons. The molecule has 2 saturated heterocycles. The molecule has 11 unspecified atom stereocenters. The van der Waals surface area contributed by atoms with Crippen molar-refractivity contribution in [2.45, 2.75) is 82.9 Å². The molecule has 2 bridgehead atoms. The van der Waals surface area contributed by atoms with Gasteiger partial charge in [0.15, 0.2) is 34.5 Å². The number of phenolic OH excluding ortho intramolecular Hbond substituents is 3. The standard InChI is InChI=1S/C44H54O10/c1-24(49-4)20-26(10-8-19-45)36-25(2)42(37(53-36)27-13-16-33(50-5)32(48)21-27)17-9-18-43-38(28-11-14-30(46)34(22-28)51-6)54-39(44(43)40(42)41(43,44)3)29-12-15-31(47)35(23-29)52-7/h11-16,21-24,26,36-40,45-48H,2,8-10,17-20H2,1,3-7H3. The number of benzene rings is 3. The van der Waals surface area contributed by atoms with Crippen molar-refractivity contribution in [1.29, 1.82) is 0 Å². The Bertz CT molecular complexity index is 1950. The molecular weight excluding hydrogens is 688 g/mol. The monoisotopic (exact) mass is 742 g/mol. The largest absolute Gasteiger partial charge is 0.504 e. The van der Waals surface area contributed by atoms with Gasteiger partial charge in [0.1, 0.15) is 0 Å². The van der Waals surface area contributed by atoms with E-state index in [4.69, 9.17) is 35.0 Å². The Morgan fingerprint density at radius 1 is 0.778 bits per heavy atom. The number of hydrogen-bond donors (Lipinski definition) is 4. The van der Waals surface area contributed by atoms with Crippen LogP contribution in [0.5, 0.6) is 34.5 Å². The molecule has 6 fully saturated rings. The van der Waals surface area contributed by atoms with Crippen LogP contribution in [0, 0.1) is 33.5 Å². The zero-order valence-corrected chi connectivity index (χ0v) is 32.1. The van der Waals surface area contributed by atoms with Crippen molar-refractivity contribution < 1.29 is 48.8 Å². The van der Waals surface area contributed by atoms with Crippen LogP contribution in [0.3, 0.4) is 0 Å². The molecule has 11 atom stereocenters. The average molecular weight is 743 g/mol. The molecule has 4 saturated carbocycles. The molecule has 2 aliphatic heterocycles. The number of aromatic hydroxyl groups is 3. The number of methoxy groups -OCH3 is 4. The van der Waals surface area contributed by atoms with Gasteiger partial charge in [-0.2, -0.15) is 0 Å². The fourth-order valence-corrected chi connectivity index (χ4v) is 12.6. The first-order chi connectivity index (χ1) is 26.0. The molecule has 0 aromatic heterocycles. The van der Waals surface area contributed by atoms with Crippen molar-refractivity contribution in [1.82, 2.24) is 0 Å². The first-order valence-corrected chi connectivity index (χ1v) is 19.2. The van der Waals surface area contributed by atoms with Crippen molar-refractivity contribution >= 4 is 0 Å². The van der Waals surface area contributed by atoms with Gasteiger partial charge in [-0.25, -0.2) is 0 Å². The third kappa shape index (κ3) is 4.60. The molecule has 10 heteroatoms. The van der Waals surface area contributed by atoms with Crippen LogP contribution < -0.4 is 14.2 Å². The van der Waals surface area contributed by atoms with Crippen molar-refractivity contribution in [3.05, 3.63) is 83.4 Å². The number of phenols is 3. The van der Waals surface area contributed by atoms with Gasteiger partial charge in [0.25, 0.3) is 0 Å². The lowest BCUT2D eigenvalue weighted by Crippen LogP contribution is -2.39. The SMILES string of the molecule is C=C1C(C(CCCO)CC(C)OC)OC(c2ccc(OC)c(O)c2)C12CCCC13C(c4ccc(O)c(OC)c4)OC(c4ccc(O)c(OC)c4)C14C2C34C. The fourth-order valence-electron chi connectivity index (χ4n) is 12.6. The number of ether oxygens (including phenoxy) is 6. The Hall–Kier alpha value is -3.96. The minimum atomic E-state index is -0.516. The average Bonchev–Trinajstić information content (AvgIpc) is 3.85. The van der Waals surface area contributed by atoms with Crippen LogP contribution >= 0.6 is 0 Å². The zero-order chi connectivity index (χ0) is 38.4. The van der Waals surface area contributed by atoms with Gasteiger partial charge in [-0.3, -0.25) is 0 Å². The van der Waals surface area contributed by atoms with Gasteiger partial charge in [-0.1, -0.05) is 38.1 Å². The van der Waals surface area contributed by atoms with Crippen LogP contribution in [0.2, 0.25) is 0 Å². The van der Waals surface area contributed by atoms with Crippen molar-refractivity contribution in [3.8, 4) is 34.5 Å². The van der Waals surface area contributed by atoms with Crippen LogP contribution in [0.15, 0.2) is 66.7 Å². The van der Waals surface area contributed by atoms with Gasteiger partial charge in [-0.15, -0.1) is 0 Å². The normalized spacial score (nSPS) is 35.5. The molecule has 54 heavy (non-hydrogen) atoms. The van der Waals surface area contributed by atoms with Gasteiger partial charge in [0, 0.05) is 30.0 Å². The topological polar surface area (TPSA) is 136 Å². The highest BCUT2D eigenvalue weighted by molar-refractivity contribution is 5.62. The maximum atomic E-state index is 11.1. The predicted octanol–water partition coefficient (Wildman–Crippen LogP) is 7.94. The highest BCUT2D eigenvalue weighted by Crippen LogP contribution is 3.13. The van der Waals surface area contributed by atoms with Gasteiger partial charge < -0.3 is 48.8 Å². The molecule has 3 spiro atoms. The van der Waals surface area contributed by atoms with Gasteiger partial charge in [-0.05, 0) is 115 Å². The van der Waals surface area contributed by atoms with Crippen LogP contribution in [-0.2, 0) is 14.2 Å². The first-order valence-electron chi connectivity index (χ1n) is 19.2.